The number of aryl methyl sites for hydroxylation is 1. The smallest absolute Gasteiger partial charge is 0.359 e. The monoisotopic (exact) mass is 357 g/mol. The van der Waals surface area contributed by atoms with E-state index >= 15 is 0 Å². The molecule has 0 amide bonds. The molecule has 2 aromatic heterocycles. The molecule has 0 radical (unpaired) electrons. The van der Waals surface area contributed by atoms with Crippen LogP contribution in [0.5, 0.6) is 11.8 Å². The van der Waals surface area contributed by atoms with Gasteiger partial charge in [-0.2, -0.15) is 9.37 Å². The molecular formula is C16H9F2N5O3. The van der Waals surface area contributed by atoms with Gasteiger partial charge in [0.2, 0.25) is 11.6 Å². The van der Waals surface area contributed by atoms with Crippen LogP contribution < -0.4 is 4.74 Å². The first kappa shape index (κ1) is 17.0. The molecule has 0 aliphatic heterocycles. The highest BCUT2D eigenvalue weighted by atomic mass is 19.1. The summed E-state index contributed by atoms with van der Waals surface area (Å²) < 4.78 is 32.5. The summed E-state index contributed by atoms with van der Waals surface area (Å²) in [6.45, 7) is 1.61. The molecule has 2 heterocycles. The van der Waals surface area contributed by atoms with Gasteiger partial charge in [0.1, 0.15) is 5.82 Å². The molecule has 0 aliphatic rings. The highest BCUT2D eigenvalue weighted by Gasteiger charge is 2.18. The van der Waals surface area contributed by atoms with E-state index in [4.69, 9.17) is 9.84 Å². The predicted molar refractivity (Wildman–Crippen MR) is 82.5 cm³/mol. The first-order valence-electron chi connectivity index (χ1n) is 7.07. The molecule has 0 spiro atoms. The number of H-pyrrole nitrogens is 1. The number of rotatable bonds is 3. The van der Waals surface area contributed by atoms with Gasteiger partial charge < -0.3 is 9.84 Å². The zero-order valence-corrected chi connectivity index (χ0v) is 13.1. The normalized spacial score (nSPS) is 10.1. The van der Waals surface area contributed by atoms with E-state index in [1.807, 2.05) is 0 Å². The fourth-order valence-electron chi connectivity index (χ4n) is 1.81. The van der Waals surface area contributed by atoms with Crippen molar-refractivity contribution >= 4 is 5.97 Å². The van der Waals surface area contributed by atoms with Crippen LogP contribution in [-0.4, -0.2) is 36.5 Å². The lowest BCUT2D eigenvalue weighted by Crippen LogP contribution is -2.02. The number of hydrogen-bond donors (Lipinski definition) is 2. The minimum Gasteiger partial charge on any atom is -0.476 e. The van der Waals surface area contributed by atoms with E-state index in [0.29, 0.717) is 11.1 Å². The fourth-order valence-corrected chi connectivity index (χ4v) is 1.81. The van der Waals surface area contributed by atoms with Crippen LogP contribution >= 0.6 is 0 Å². The number of aromatic carboxylic acids is 1. The molecule has 0 aliphatic carbocycles. The number of carboxylic acid groups (broad SMARTS) is 1. The molecule has 1 aromatic carbocycles. The Morgan fingerprint density at radius 1 is 1.31 bits per heavy atom. The number of carboxylic acids is 1. The van der Waals surface area contributed by atoms with Crippen molar-refractivity contribution in [1.82, 2.24) is 25.4 Å². The average molecular weight is 357 g/mol. The van der Waals surface area contributed by atoms with Gasteiger partial charge in [0.25, 0.3) is 11.8 Å². The lowest BCUT2D eigenvalue weighted by Gasteiger charge is -2.01. The molecule has 0 atom stereocenters. The molecule has 0 fully saturated rings. The first-order chi connectivity index (χ1) is 12.4. The summed E-state index contributed by atoms with van der Waals surface area (Å²) >= 11 is 0. The van der Waals surface area contributed by atoms with Crippen LogP contribution in [0.15, 0.2) is 24.4 Å². The van der Waals surface area contributed by atoms with E-state index in [2.05, 4.69) is 37.2 Å². The number of aromatic amines is 1. The lowest BCUT2D eigenvalue weighted by atomic mass is 10.1. The Labute approximate surface area is 144 Å². The third-order valence-corrected chi connectivity index (χ3v) is 3.14. The Morgan fingerprint density at radius 3 is 2.81 bits per heavy atom. The SMILES string of the molecule is Cc1ccc(C#Cc2ncc(Oc3nn[nH]c3C(=O)O)nc2F)cc1F. The molecule has 26 heavy (non-hydrogen) atoms. The zero-order chi connectivity index (χ0) is 18.7. The second kappa shape index (κ2) is 6.94. The van der Waals surface area contributed by atoms with Gasteiger partial charge >= 0.3 is 5.97 Å². The highest BCUT2D eigenvalue weighted by molar-refractivity contribution is 5.87. The first-order valence-corrected chi connectivity index (χ1v) is 7.07. The van der Waals surface area contributed by atoms with E-state index < -0.39 is 23.4 Å². The Morgan fingerprint density at radius 2 is 2.12 bits per heavy atom. The summed E-state index contributed by atoms with van der Waals surface area (Å²) in [6, 6.07) is 4.37. The van der Waals surface area contributed by atoms with Crippen molar-refractivity contribution in [1.29, 1.82) is 0 Å². The van der Waals surface area contributed by atoms with Gasteiger partial charge in [-0.25, -0.2) is 19.3 Å². The molecule has 3 rings (SSSR count). The van der Waals surface area contributed by atoms with Gasteiger partial charge in [0, 0.05) is 5.56 Å². The molecule has 8 nitrogen and oxygen atoms in total. The fraction of sp³-hybridized carbons (Fsp3) is 0.0625. The van der Waals surface area contributed by atoms with Crippen molar-refractivity contribution in [3.63, 3.8) is 0 Å². The van der Waals surface area contributed by atoms with E-state index in [9.17, 15) is 13.6 Å². The largest absolute Gasteiger partial charge is 0.476 e. The molecule has 0 saturated carbocycles. The number of hydrogen-bond acceptors (Lipinski definition) is 6. The van der Waals surface area contributed by atoms with Crippen LogP contribution in [0.1, 0.15) is 27.3 Å². The quantitative estimate of drug-likeness (QED) is 0.690. The molecule has 0 saturated heterocycles. The molecule has 0 unspecified atom stereocenters. The van der Waals surface area contributed by atoms with Crippen molar-refractivity contribution in [2.75, 3.05) is 0 Å². The van der Waals surface area contributed by atoms with Crippen molar-refractivity contribution in [3.05, 3.63) is 58.7 Å². The Balaban J connectivity index is 1.82. The van der Waals surface area contributed by atoms with Crippen molar-refractivity contribution in [2.45, 2.75) is 6.92 Å². The Kier molecular flexibility index (Phi) is 4.53. The molecule has 10 heteroatoms. The van der Waals surface area contributed by atoms with Crippen LogP contribution in [0.25, 0.3) is 0 Å². The van der Waals surface area contributed by atoms with Crippen molar-refractivity contribution in [2.24, 2.45) is 0 Å². The summed E-state index contributed by atoms with van der Waals surface area (Å²) in [4.78, 5) is 18.2. The van der Waals surface area contributed by atoms with Gasteiger partial charge in [-0.05, 0) is 30.5 Å². The van der Waals surface area contributed by atoms with Crippen LogP contribution in [0, 0.1) is 30.5 Å². The molecule has 2 N–H and O–H groups in total. The van der Waals surface area contributed by atoms with Crippen LogP contribution in [-0.2, 0) is 0 Å². The molecule has 0 bridgehead atoms. The van der Waals surface area contributed by atoms with Crippen LogP contribution in [0.2, 0.25) is 0 Å². The standard InChI is InChI=1S/C16H9F2N5O3/c1-8-2-3-9(6-10(8)17)4-5-11-14(18)20-12(7-19-11)26-15-13(16(24)25)21-23-22-15/h2-3,6-7H,1H3,(H,24,25)(H,21,22,23). The number of aromatic nitrogens is 5. The lowest BCUT2D eigenvalue weighted by molar-refractivity contribution is 0.0687. The van der Waals surface area contributed by atoms with Gasteiger partial charge in [-0.3, -0.25) is 0 Å². The number of nitrogens with one attached hydrogen (secondary N) is 1. The maximum atomic E-state index is 14.0. The second-order valence-electron chi connectivity index (χ2n) is 4.96. The average Bonchev–Trinajstić information content (AvgIpc) is 3.05. The summed E-state index contributed by atoms with van der Waals surface area (Å²) in [7, 11) is 0. The minimum atomic E-state index is -1.36. The van der Waals surface area contributed by atoms with Crippen LogP contribution in [0.3, 0.4) is 0 Å². The Hall–Kier alpha value is -3.87. The zero-order valence-electron chi connectivity index (χ0n) is 13.1. The van der Waals surface area contributed by atoms with Gasteiger partial charge in [0.05, 0.1) is 6.20 Å². The van der Waals surface area contributed by atoms with Gasteiger partial charge in [-0.1, -0.05) is 22.3 Å². The van der Waals surface area contributed by atoms with Gasteiger partial charge in [-0.15, -0.1) is 0 Å². The number of nitrogens with zero attached hydrogens (tertiary/aromatic N) is 4. The van der Waals surface area contributed by atoms with E-state index in [0.717, 1.165) is 6.20 Å². The van der Waals surface area contributed by atoms with Crippen LogP contribution in [0.4, 0.5) is 8.78 Å². The second-order valence-corrected chi connectivity index (χ2v) is 4.96. The third-order valence-electron chi connectivity index (χ3n) is 3.14. The summed E-state index contributed by atoms with van der Waals surface area (Å²) in [5.74, 6) is 1.49. The van der Waals surface area contributed by atoms with Gasteiger partial charge in [0.15, 0.2) is 5.69 Å². The summed E-state index contributed by atoms with van der Waals surface area (Å²) in [5.41, 5.74) is 0.120. The highest BCUT2D eigenvalue weighted by Crippen LogP contribution is 2.19. The Bertz CT molecular complexity index is 1060. The summed E-state index contributed by atoms with van der Waals surface area (Å²) in [5, 5.41) is 17.7. The topological polar surface area (TPSA) is 114 Å². The number of benzene rings is 1. The van der Waals surface area contributed by atoms with Crippen molar-refractivity contribution in [3.8, 4) is 23.6 Å². The molecule has 130 valence electrons. The maximum absolute atomic E-state index is 14.0. The number of ether oxygens (including phenoxy) is 1. The summed E-state index contributed by atoms with van der Waals surface area (Å²) in [6.07, 6.45) is 1.04. The number of halogens is 2. The van der Waals surface area contributed by atoms with E-state index in [1.165, 1.54) is 6.07 Å². The van der Waals surface area contributed by atoms with E-state index in [1.54, 1.807) is 19.1 Å². The maximum Gasteiger partial charge on any atom is 0.359 e. The number of carbonyl (C=O) groups is 1. The minimum absolute atomic E-state index is 0.281. The van der Waals surface area contributed by atoms with E-state index in [-0.39, 0.29) is 17.5 Å². The molecular weight excluding hydrogens is 348 g/mol. The molecule has 3 aromatic rings. The predicted octanol–water partition coefficient (Wildman–Crippen LogP) is 2.07. The third kappa shape index (κ3) is 3.62. The van der Waals surface area contributed by atoms with Crippen molar-refractivity contribution < 1.29 is 23.4 Å².